The van der Waals surface area contributed by atoms with Crippen LogP contribution >= 0.6 is 0 Å². The maximum atomic E-state index is 7.40. The number of hydrogen-bond acceptors (Lipinski definition) is 4. The molecule has 0 saturated heterocycles. The van der Waals surface area contributed by atoms with Crippen LogP contribution in [0.15, 0.2) is 211 Å². The Morgan fingerprint density at radius 3 is 1.64 bits per heavy atom. The van der Waals surface area contributed by atoms with Gasteiger partial charge in [0.25, 0.3) is 6.71 Å². The average Bonchev–Trinajstić information content (AvgIpc) is 3.72. The van der Waals surface area contributed by atoms with Gasteiger partial charge in [0, 0.05) is 45.2 Å². The van der Waals surface area contributed by atoms with Crippen LogP contribution in [0.4, 0.5) is 34.1 Å². The molecule has 0 radical (unpaired) electrons. The Labute approximate surface area is 374 Å². The fourth-order valence-corrected chi connectivity index (χ4v) is 16.6. The lowest BCUT2D eigenvalue weighted by molar-refractivity contribution is 0.488. The maximum absolute atomic E-state index is 7.40. The monoisotopic (exact) mass is 838 g/mol. The zero-order chi connectivity index (χ0) is 42.7. The van der Waals surface area contributed by atoms with E-state index in [1.54, 1.807) is 0 Å². The predicted molar refractivity (Wildman–Crippen MR) is 270 cm³/mol. The molecule has 10 aromatic rings. The van der Waals surface area contributed by atoms with Gasteiger partial charge in [0.05, 0.1) is 11.4 Å². The zero-order valence-electron chi connectivity index (χ0n) is 35.9. The summed E-state index contributed by atoms with van der Waals surface area (Å²) in [6.07, 6.45) is 0. The summed E-state index contributed by atoms with van der Waals surface area (Å²) in [4.78, 5) is 4.85. The van der Waals surface area contributed by atoms with Crippen LogP contribution in [0.1, 0.15) is 26.3 Å². The number of fused-ring (bicyclic) bond motifs is 3. The van der Waals surface area contributed by atoms with Crippen LogP contribution in [0.5, 0.6) is 11.5 Å². The molecule has 3 aliphatic rings. The summed E-state index contributed by atoms with van der Waals surface area (Å²) in [5.41, 5.74) is 13.1. The lowest BCUT2D eigenvalue weighted by Crippen LogP contribution is -2.87. The number of nitrogens with zero attached hydrogens (tertiary/aromatic N) is 2. The van der Waals surface area contributed by atoms with Crippen LogP contribution < -0.4 is 51.7 Å². The van der Waals surface area contributed by atoms with Gasteiger partial charge in [0.15, 0.2) is 13.7 Å². The molecule has 13 rings (SSSR count). The molecule has 0 N–H and O–H groups in total. The molecule has 0 fully saturated rings. The number of para-hydroxylation sites is 4. The first-order valence-electron chi connectivity index (χ1n) is 22.3. The summed E-state index contributed by atoms with van der Waals surface area (Å²) in [6, 6.07) is 75.7. The van der Waals surface area contributed by atoms with E-state index in [0.29, 0.717) is 0 Å². The van der Waals surface area contributed by atoms with E-state index >= 15 is 0 Å². The van der Waals surface area contributed by atoms with Gasteiger partial charge in [0.1, 0.15) is 17.1 Å². The molecule has 4 nitrogen and oxygen atoms in total. The standard InChI is InChI=1S/C58H43BN2O2Si/c1-58(2,3)45-30-16-28-43-44-29-17-32-47(57(44)63-56(43)45)61-46-31-18-34-51-54(46)59-53-48(61)36-40(60(38-20-8-4-9-21-38)39-22-10-5-11-23-39)37-50(53)62-49-33-19-35-52(55(49)59)64(51,41-24-12-6-13-25-41)42-26-14-7-15-27-42/h4-37H,1-3H3. The average molecular weight is 839 g/mol. The molecule has 0 bridgehead atoms. The normalized spacial score (nSPS) is 14.0. The molecule has 0 atom stereocenters. The summed E-state index contributed by atoms with van der Waals surface area (Å²) >= 11 is 0. The fraction of sp³-hybridized carbons (Fsp3) is 0.0690. The minimum Gasteiger partial charge on any atom is -0.458 e. The highest BCUT2D eigenvalue weighted by Gasteiger charge is 2.56. The molecule has 0 saturated carbocycles. The van der Waals surface area contributed by atoms with E-state index in [2.05, 4.69) is 237 Å². The van der Waals surface area contributed by atoms with Crippen molar-refractivity contribution in [2.45, 2.75) is 26.2 Å². The van der Waals surface area contributed by atoms with Gasteiger partial charge in [-0.1, -0.05) is 172 Å². The Morgan fingerprint density at radius 1 is 0.453 bits per heavy atom. The van der Waals surface area contributed by atoms with E-state index < -0.39 is 8.07 Å². The van der Waals surface area contributed by atoms with Gasteiger partial charge in [0.2, 0.25) is 0 Å². The Morgan fingerprint density at radius 2 is 1.00 bits per heavy atom. The van der Waals surface area contributed by atoms with Gasteiger partial charge < -0.3 is 19.0 Å². The number of furan rings is 1. The molecule has 64 heavy (non-hydrogen) atoms. The quantitative estimate of drug-likeness (QED) is 0.156. The predicted octanol–water partition coefficient (Wildman–Crippen LogP) is 10.4. The first-order chi connectivity index (χ1) is 31.4. The van der Waals surface area contributed by atoms with Crippen LogP contribution in [-0.4, -0.2) is 14.8 Å². The summed E-state index contributed by atoms with van der Waals surface area (Å²) in [7, 11) is -2.95. The third-order valence-corrected chi connectivity index (χ3v) is 18.8. The molecule has 9 aromatic carbocycles. The highest BCUT2D eigenvalue weighted by Crippen LogP contribution is 2.49. The van der Waals surface area contributed by atoms with Gasteiger partial charge in [-0.25, -0.2) is 0 Å². The molecule has 4 heterocycles. The van der Waals surface area contributed by atoms with Crippen molar-refractivity contribution in [1.82, 2.24) is 0 Å². The van der Waals surface area contributed by atoms with Crippen molar-refractivity contribution in [1.29, 1.82) is 0 Å². The van der Waals surface area contributed by atoms with Crippen molar-refractivity contribution in [2.75, 3.05) is 9.80 Å². The van der Waals surface area contributed by atoms with Crippen molar-refractivity contribution in [3.8, 4) is 11.5 Å². The van der Waals surface area contributed by atoms with Crippen LogP contribution in [0, 0.1) is 0 Å². The highest BCUT2D eigenvalue weighted by atomic mass is 28.3. The van der Waals surface area contributed by atoms with Gasteiger partial charge in [-0.3, -0.25) is 0 Å². The summed E-state index contributed by atoms with van der Waals surface area (Å²) in [5.74, 6) is 1.79. The molecule has 0 amide bonds. The second-order valence-corrected chi connectivity index (χ2v) is 22.1. The Hall–Kier alpha value is -7.54. The molecular formula is C58H43BN2O2Si. The maximum Gasteiger partial charge on any atom is 0.256 e. The minimum absolute atomic E-state index is 0.0567. The number of hydrogen-bond donors (Lipinski definition) is 0. The third kappa shape index (κ3) is 5.11. The smallest absolute Gasteiger partial charge is 0.256 e. The lowest BCUT2D eigenvalue weighted by atomic mass is 9.34. The first kappa shape index (κ1) is 37.1. The van der Waals surface area contributed by atoms with Crippen molar-refractivity contribution >= 4 is 108 Å². The van der Waals surface area contributed by atoms with E-state index in [4.69, 9.17) is 9.15 Å². The third-order valence-electron chi connectivity index (χ3n) is 13.9. The second kappa shape index (κ2) is 13.7. The SMILES string of the molecule is CC(C)(C)c1cccc2c1oc1c(N3c4cc(N(c5ccccc5)c5ccccc5)cc5c4B4c6c(cccc6[Si](c6ccccc6)(c6ccccc6)c6cccc3c64)O5)cccc12. The topological polar surface area (TPSA) is 28.9 Å². The highest BCUT2D eigenvalue weighted by molar-refractivity contribution is 7.27. The van der Waals surface area contributed by atoms with Gasteiger partial charge in [-0.05, 0) is 91.1 Å². The molecule has 3 aliphatic heterocycles. The molecule has 1 aromatic heterocycles. The van der Waals surface area contributed by atoms with E-state index in [9.17, 15) is 0 Å². The van der Waals surface area contributed by atoms with Crippen LogP contribution in [0.3, 0.4) is 0 Å². The lowest BCUT2D eigenvalue weighted by Gasteiger charge is -2.49. The number of rotatable bonds is 6. The van der Waals surface area contributed by atoms with E-state index in [1.807, 2.05) is 0 Å². The summed E-state index contributed by atoms with van der Waals surface area (Å²) < 4.78 is 14.6. The van der Waals surface area contributed by atoms with Gasteiger partial charge in [-0.2, -0.15) is 0 Å². The molecule has 6 heteroatoms. The first-order valence-corrected chi connectivity index (χ1v) is 24.3. The minimum atomic E-state index is -2.95. The van der Waals surface area contributed by atoms with Crippen LogP contribution in [0.2, 0.25) is 0 Å². The second-order valence-electron chi connectivity index (χ2n) is 18.4. The largest absolute Gasteiger partial charge is 0.458 e. The molecule has 0 spiro atoms. The van der Waals surface area contributed by atoms with E-state index in [0.717, 1.165) is 61.9 Å². The van der Waals surface area contributed by atoms with Crippen LogP contribution in [0.25, 0.3) is 21.9 Å². The van der Waals surface area contributed by atoms with Crippen molar-refractivity contribution in [3.05, 3.63) is 212 Å². The van der Waals surface area contributed by atoms with Crippen molar-refractivity contribution in [2.24, 2.45) is 0 Å². The van der Waals surface area contributed by atoms with E-state index in [1.165, 1.54) is 48.4 Å². The number of ether oxygens (including phenoxy) is 1. The number of benzene rings is 9. The molecule has 0 aliphatic carbocycles. The Kier molecular flexibility index (Phi) is 7.95. The molecular weight excluding hydrogens is 796 g/mol. The Bertz CT molecular complexity index is 3400. The van der Waals surface area contributed by atoms with E-state index in [-0.39, 0.29) is 12.1 Å². The number of anilines is 6. The van der Waals surface area contributed by atoms with Crippen molar-refractivity contribution in [3.63, 3.8) is 0 Å². The van der Waals surface area contributed by atoms with Gasteiger partial charge in [-0.15, -0.1) is 0 Å². The van der Waals surface area contributed by atoms with Crippen molar-refractivity contribution < 1.29 is 9.15 Å². The molecule has 0 unspecified atom stereocenters. The zero-order valence-corrected chi connectivity index (χ0v) is 36.9. The Balaban J connectivity index is 1.18. The fourth-order valence-electron chi connectivity index (χ4n) is 11.3. The van der Waals surface area contributed by atoms with Crippen LogP contribution in [-0.2, 0) is 5.41 Å². The molecule has 304 valence electrons. The summed E-state index contributed by atoms with van der Waals surface area (Å²) in [5, 5.41) is 7.74. The summed E-state index contributed by atoms with van der Waals surface area (Å²) in [6.45, 7) is 6.74. The van der Waals surface area contributed by atoms with Gasteiger partial charge >= 0.3 is 0 Å².